The zero-order valence-electron chi connectivity index (χ0n) is 12.4. The van der Waals surface area contributed by atoms with Gasteiger partial charge in [-0.05, 0) is 30.8 Å². The number of hydrogen-bond donors (Lipinski definition) is 0. The van der Waals surface area contributed by atoms with Crippen molar-refractivity contribution in [3.05, 3.63) is 77.9 Å². The van der Waals surface area contributed by atoms with Crippen molar-refractivity contribution in [3.8, 4) is 0 Å². The first-order chi connectivity index (χ1) is 9.54. The second-order valence-electron chi connectivity index (χ2n) is 5.83. The summed E-state index contributed by atoms with van der Waals surface area (Å²) in [4.78, 5) is 0. The fourth-order valence-corrected chi connectivity index (χ4v) is 2.98. The molecule has 0 radical (unpaired) electrons. The van der Waals surface area contributed by atoms with Crippen LogP contribution in [0.25, 0.3) is 6.08 Å². The lowest BCUT2D eigenvalue weighted by Gasteiger charge is -2.24. The van der Waals surface area contributed by atoms with Crippen LogP contribution in [-0.4, -0.2) is 8.32 Å². The Balaban J connectivity index is 2.21. The van der Waals surface area contributed by atoms with Crippen molar-refractivity contribution in [1.82, 2.24) is 0 Å². The molecule has 0 spiro atoms. The van der Waals surface area contributed by atoms with Gasteiger partial charge in [0.05, 0.1) is 6.10 Å². The molecule has 2 rings (SSSR count). The highest BCUT2D eigenvalue weighted by Crippen LogP contribution is 2.24. The smallest absolute Gasteiger partial charge is 0.185 e. The highest BCUT2D eigenvalue weighted by Gasteiger charge is 2.20. The van der Waals surface area contributed by atoms with Crippen LogP contribution in [0.5, 0.6) is 0 Å². The second kappa shape index (κ2) is 6.68. The van der Waals surface area contributed by atoms with Crippen LogP contribution in [0.2, 0.25) is 19.6 Å². The van der Waals surface area contributed by atoms with Gasteiger partial charge in [0.15, 0.2) is 8.32 Å². The third-order valence-electron chi connectivity index (χ3n) is 2.87. The van der Waals surface area contributed by atoms with E-state index in [0.29, 0.717) is 0 Å². The molecule has 0 saturated heterocycles. The molecular weight excluding hydrogens is 260 g/mol. The van der Waals surface area contributed by atoms with Crippen LogP contribution in [0.1, 0.15) is 17.2 Å². The summed E-state index contributed by atoms with van der Waals surface area (Å²) in [5, 5.41) is 0. The molecule has 0 aliphatic heterocycles. The first-order valence-corrected chi connectivity index (χ1v) is 10.4. The van der Waals surface area contributed by atoms with E-state index >= 15 is 0 Å². The van der Waals surface area contributed by atoms with Gasteiger partial charge in [0, 0.05) is 0 Å². The Bertz CT molecular complexity index is 541. The van der Waals surface area contributed by atoms with E-state index in [-0.39, 0.29) is 6.10 Å². The van der Waals surface area contributed by atoms with Crippen LogP contribution in [0, 0.1) is 0 Å². The molecule has 0 N–H and O–H groups in total. The van der Waals surface area contributed by atoms with Crippen LogP contribution in [0.4, 0.5) is 0 Å². The van der Waals surface area contributed by atoms with E-state index in [1.807, 2.05) is 12.1 Å². The molecule has 0 aliphatic carbocycles. The summed E-state index contributed by atoms with van der Waals surface area (Å²) in [6.07, 6.45) is 4.32. The van der Waals surface area contributed by atoms with Gasteiger partial charge < -0.3 is 4.43 Å². The molecule has 0 aromatic heterocycles. The topological polar surface area (TPSA) is 9.23 Å². The fourth-order valence-electron chi connectivity index (χ4n) is 2.00. The predicted molar refractivity (Wildman–Crippen MR) is 89.1 cm³/mol. The quantitative estimate of drug-likeness (QED) is 0.677. The summed E-state index contributed by atoms with van der Waals surface area (Å²) in [5.41, 5.74) is 2.41. The maximum Gasteiger partial charge on any atom is 0.185 e. The molecule has 0 saturated carbocycles. The van der Waals surface area contributed by atoms with E-state index in [2.05, 4.69) is 80.3 Å². The summed E-state index contributed by atoms with van der Waals surface area (Å²) in [6.45, 7) is 6.66. The number of hydrogen-bond acceptors (Lipinski definition) is 1. The molecule has 20 heavy (non-hydrogen) atoms. The molecule has 0 fully saturated rings. The van der Waals surface area contributed by atoms with E-state index < -0.39 is 8.32 Å². The van der Waals surface area contributed by atoms with Gasteiger partial charge in [-0.25, -0.2) is 0 Å². The van der Waals surface area contributed by atoms with Gasteiger partial charge in [-0.1, -0.05) is 72.8 Å². The largest absolute Gasteiger partial charge is 0.407 e. The molecule has 2 heteroatoms. The third kappa shape index (κ3) is 4.80. The summed E-state index contributed by atoms with van der Waals surface area (Å²) < 4.78 is 6.30. The monoisotopic (exact) mass is 282 g/mol. The zero-order chi connectivity index (χ0) is 14.4. The molecular formula is C18H22OSi. The SMILES string of the molecule is C[Si](C)(C)OC(/C=C\c1ccccc1)c1ccccc1. The van der Waals surface area contributed by atoms with Crippen LogP contribution < -0.4 is 0 Å². The average Bonchev–Trinajstić information content (AvgIpc) is 2.44. The molecule has 2 aromatic carbocycles. The molecule has 0 heterocycles. The minimum Gasteiger partial charge on any atom is -0.407 e. The lowest BCUT2D eigenvalue weighted by Crippen LogP contribution is -2.27. The molecule has 1 atom stereocenters. The van der Waals surface area contributed by atoms with Gasteiger partial charge in [-0.3, -0.25) is 0 Å². The predicted octanol–water partition coefficient (Wildman–Crippen LogP) is 5.29. The Hall–Kier alpha value is -1.64. The van der Waals surface area contributed by atoms with Crippen molar-refractivity contribution in [1.29, 1.82) is 0 Å². The van der Waals surface area contributed by atoms with Gasteiger partial charge in [-0.2, -0.15) is 0 Å². The normalized spacial score (nSPS) is 13.6. The van der Waals surface area contributed by atoms with E-state index in [1.54, 1.807) is 0 Å². The van der Waals surface area contributed by atoms with Gasteiger partial charge in [0.1, 0.15) is 0 Å². The van der Waals surface area contributed by atoms with Gasteiger partial charge in [0.25, 0.3) is 0 Å². The van der Waals surface area contributed by atoms with E-state index in [0.717, 1.165) is 0 Å². The molecule has 104 valence electrons. The van der Waals surface area contributed by atoms with Crippen LogP contribution in [-0.2, 0) is 4.43 Å². The number of rotatable bonds is 5. The van der Waals surface area contributed by atoms with Crippen molar-refractivity contribution >= 4 is 14.4 Å². The minimum atomic E-state index is -1.59. The summed E-state index contributed by atoms with van der Waals surface area (Å²) >= 11 is 0. The minimum absolute atomic E-state index is 0.0306. The molecule has 0 aliphatic rings. The van der Waals surface area contributed by atoms with E-state index in [4.69, 9.17) is 4.43 Å². The second-order valence-corrected chi connectivity index (χ2v) is 10.3. The maximum absolute atomic E-state index is 6.30. The summed E-state index contributed by atoms with van der Waals surface area (Å²) in [6, 6.07) is 20.8. The van der Waals surface area contributed by atoms with E-state index in [9.17, 15) is 0 Å². The van der Waals surface area contributed by atoms with Crippen molar-refractivity contribution < 1.29 is 4.43 Å². The maximum atomic E-state index is 6.30. The average molecular weight is 282 g/mol. The lowest BCUT2D eigenvalue weighted by molar-refractivity contribution is 0.249. The fraction of sp³-hybridized carbons (Fsp3) is 0.222. The molecule has 1 nitrogen and oxygen atoms in total. The molecule has 1 unspecified atom stereocenters. The zero-order valence-corrected chi connectivity index (χ0v) is 13.4. The Kier molecular flexibility index (Phi) is 4.93. The van der Waals surface area contributed by atoms with Crippen molar-refractivity contribution in [3.63, 3.8) is 0 Å². The Morgan fingerprint density at radius 2 is 1.40 bits per heavy atom. The van der Waals surface area contributed by atoms with Gasteiger partial charge in [-0.15, -0.1) is 0 Å². The Morgan fingerprint density at radius 1 is 0.850 bits per heavy atom. The van der Waals surface area contributed by atoms with E-state index in [1.165, 1.54) is 11.1 Å². The Morgan fingerprint density at radius 3 is 1.95 bits per heavy atom. The lowest BCUT2D eigenvalue weighted by atomic mass is 10.1. The molecule has 0 bridgehead atoms. The number of benzene rings is 2. The van der Waals surface area contributed by atoms with Crippen LogP contribution in [0.3, 0.4) is 0 Å². The highest BCUT2D eigenvalue weighted by molar-refractivity contribution is 6.69. The standard InChI is InChI=1S/C18H22OSi/c1-20(2,3)19-18(17-12-8-5-9-13-17)15-14-16-10-6-4-7-11-16/h4-15,18H,1-3H3/b15-14-. The van der Waals surface area contributed by atoms with Gasteiger partial charge >= 0.3 is 0 Å². The third-order valence-corrected chi connectivity index (χ3v) is 3.83. The van der Waals surface area contributed by atoms with Crippen molar-refractivity contribution in [2.75, 3.05) is 0 Å². The first-order valence-electron chi connectivity index (χ1n) is 7.01. The van der Waals surface area contributed by atoms with Gasteiger partial charge in [0.2, 0.25) is 0 Å². The highest BCUT2D eigenvalue weighted by atomic mass is 28.4. The van der Waals surface area contributed by atoms with Crippen LogP contribution >= 0.6 is 0 Å². The summed E-state index contributed by atoms with van der Waals surface area (Å²) in [7, 11) is -1.59. The summed E-state index contributed by atoms with van der Waals surface area (Å²) in [5.74, 6) is 0. The molecule has 2 aromatic rings. The first kappa shape index (κ1) is 14.8. The van der Waals surface area contributed by atoms with Crippen molar-refractivity contribution in [2.24, 2.45) is 0 Å². The van der Waals surface area contributed by atoms with Crippen LogP contribution in [0.15, 0.2) is 66.7 Å². The Labute approximate surface area is 123 Å². The van der Waals surface area contributed by atoms with Crippen molar-refractivity contribution in [2.45, 2.75) is 25.7 Å². The molecule has 0 amide bonds.